The van der Waals surface area contributed by atoms with E-state index in [-0.39, 0.29) is 5.41 Å². The molecule has 0 aromatic heterocycles. The van der Waals surface area contributed by atoms with Crippen molar-refractivity contribution in [2.45, 2.75) is 45.6 Å². The van der Waals surface area contributed by atoms with Crippen molar-refractivity contribution < 1.29 is 0 Å². The molecule has 0 radical (unpaired) electrons. The van der Waals surface area contributed by atoms with E-state index < -0.39 is 0 Å². The first-order valence-electron chi connectivity index (χ1n) is 6.67. The zero-order valence-electron chi connectivity index (χ0n) is 12.2. The summed E-state index contributed by atoms with van der Waals surface area (Å²) in [7, 11) is 0. The van der Waals surface area contributed by atoms with Gasteiger partial charge in [0.25, 0.3) is 0 Å². The SMILES string of the molecule is CCC(C)NC(N)=NCC(C)(C)c1cccc(Cl)c1. The van der Waals surface area contributed by atoms with Crippen molar-refractivity contribution in [1.29, 1.82) is 0 Å². The molecule has 0 saturated carbocycles. The van der Waals surface area contributed by atoms with E-state index in [1.807, 2.05) is 18.2 Å². The van der Waals surface area contributed by atoms with Crippen LogP contribution in [0.15, 0.2) is 29.3 Å². The number of aliphatic imine (C=N–C) groups is 1. The van der Waals surface area contributed by atoms with E-state index in [0.29, 0.717) is 18.5 Å². The fourth-order valence-corrected chi connectivity index (χ4v) is 1.87. The van der Waals surface area contributed by atoms with E-state index >= 15 is 0 Å². The fourth-order valence-electron chi connectivity index (χ4n) is 1.68. The van der Waals surface area contributed by atoms with Gasteiger partial charge in [0.15, 0.2) is 5.96 Å². The summed E-state index contributed by atoms with van der Waals surface area (Å²) < 4.78 is 0. The van der Waals surface area contributed by atoms with Crippen LogP contribution in [0.4, 0.5) is 0 Å². The first-order valence-corrected chi connectivity index (χ1v) is 7.05. The average molecular weight is 282 g/mol. The molecule has 1 aromatic carbocycles. The maximum absolute atomic E-state index is 6.03. The zero-order valence-corrected chi connectivity index (χ0v) is 13.0. The summed E-state index contributed by atoms with van der Waals surface area (Å²) in [6, 6.07) is 8.24. The van der Waals surface area contributed by atoms with Gasteiger partial charge in [-0.05, 0) is 31.0 Å². The summed E-state index contributed by atoms with van der Waals surface area (Å²) in [6.07, 6.45) is 1.02. The second-order valence-electron chi connectivity index (χ2n) is 5.55. The third-order valence-electron chi connectivity index (χ3n) is 3.26. The van der Waals surface area contributed by atoms with Crippen LogP contribution in [0.1, 0.15) is 39.7 Å². The largest absolute Gasteiger partial charge is 0.370 e. The quantitative estimate of drug-likeness (QED) is 0.642. The molecule has 106 valence electrons. The summed E-state index contributed by atoms with van der Waals surface area (Å²) in [5.41, 5.74) is 6.95. The third-order valence-corrected chi connectivity index (χ3v) is 3.49. The minimum absolute atomic E-state index is 0.0906. The highest BCUT2D eigenvalue weighted by Crippen LogP contribution is 2.25. The number of guanidine groups is 1. The van der Waals surface area contributed by atoms with Gasteiger partial charge in [0.05, 0.1) is 6.54 Å². The maximum atomic E-state index is 6.03. The van der Waals surface area contributed by atoms with Crippen LogP contribution in [-0.4, -0.2) is 18.5 Å². The van der Waals surface area contributed by atoms with Gasteiger partial charge in [-0.25, -0.2) is 0 Å². The Morgan fingerprint density at radius 1 is 1.47 bits per heavy atom. The molecular formula is C15H24ClN3. The van der Waals surface area contributed by atoms with Crippen LogP contribution in [0.25, 0.3) is 0 Å². The van der Waals surface area contributed by atoms with Crippen molar-refractivity contribution in [3.8, 4) is 0 Å². The van der Waals surface area contributed by atoms with Crippen molar-refractivity contribution in [3.05, 3.63) is 34.9 Å². The highest BCUT2D eigenvalue weighted by molar-refractivity contribution is 6.30. The van der Waals surface area contributed by atoms with Gasteiger partial charge >= 0.3 is 0 Å². The molecule has 0 fully saturated rings. The number of benzene rings is 1. The van der Waals surface area contributed by atoms with Crippen LogP contribution in [0.2, 0.25) is 5.02 Å². The molecule has 1 aromatic rings. The maximum Gasteiger partial charge on any atom is 0.188 e. The van der Waals surface area contributed by atoms with Crippen molar-refractivity contribution >= 4 is 17.6 Å². The molecular weight excluding hydrogens is 258 g/mol. The highest BCUT2D eigenvalue weighted by Gasteiger charge is 2.20. The Morgan fingerprint density at radius 3 is 2.74 bits per heavy atom. The van der Waals surface area contributed by atoms with Crippen LogP contribution in [-0.2, 0) is 5.41 Å². The lowest BCUT2D eigenvalue weighted by Crippen LogP contribution is -2.39. The minimum Gasteiger partial charge on any atom is -0.370 e. The summed E-state index contributed by atoms with van der Waals surface area (Å²) in [4.78, 5) is 4.43. The van der Waals surface area contributed by atoms with Gasteiger partial charge in [-0.2, -0.15) is 0 Å². The molecule has 3 nitrogen and oxygen atoms in total. The lowest BCUT2D eigenvalue weighted by atomic mass is 9.85. The van der Waals surface area contributed by atoms with E-state index in [1.165, 1.54) is 5.56 Å². The number of nitrogens with two attached hydrogens (primary N) is 1. The Morgan fingerprint density at radius 2 is 2.16 bits per heavy atom. The summed E-state index contributed by atoms with van der Waals surface area (Å²) in [5.74, 6) is 0.504. The molecule has 0 aliphatic heterocycles. The van der Waals surface area contributed by atoms with Crippen LogP contribution >= 0.6 is 11.6 Å². The predicted molar refractivity (Wildman–Crippen MR) is 83.9 cm³/mol. The lowest BCUT2D eigenvalue weighted by Gasteiger charge is -2.24. The Hall–Kier alpha value is -1.22. The highest BCUT2D eigenvalue weighted by atomic mass is 35.5. The van der Waals surface area contributed by atoms with Gasteiger partial charge in [0, 0.05) is 16.5 Å². The van der Waals surface area contributed by atoms with E-state index in [0.717, 1.165) is 11.4 Å². The second-order valence-corrected chi connectivity index (χ2v) is 5.99. The molecule has 0 bridgehead atoms. The van der Waals surface area contributed by atoms with Gasteiger partial charge in [0.1, 0.15) is 0 Å². The van der Waals surface area contributed by atoms with Gasteiger partial charge in [-0.3, -0.25) is 4.99 Å². The monoisotopic (exact) mass is 281 g/mol. The number of rotatable bonds is 5. The molecule has 1 rings (SSSR count). The number of halogens is 1. The Labute approximate surface area is 121 Å². The van der Waals surface area contributed by atoms with Gasteiger partial charge in [-0.1, -0.05) is 44.5 Å². The van der Waals surface area contributed by atoms with Gasteiger partial charge in [0.2, 0.25) is 0 Å². The number of hydrogen-bond donors (Lipinski definition) is 2. The molecule has 1 unspecified atom stereocenters. The van der Waals surface area contributed by atoms with Gasteiger partial charge < -0.3 is 11.1 Å². The summed E-state index contributed by atoms with van der Waals surface area (Å²) in [6.45, 7) is 9.10. The van der Waals surface area contributed by atoms with Crippen molar-refractivity contribution in [1.82, 2.24) is 5.32 Å². The Bertz CT molecular complexity index is 441. The molecule has 0 heterocycles. The molecule has 4 heteroatoms. The average Bonchev–Trinajstić information content (AvgIpc) is 2.36. The topological polar surface area (TPSA) is 50.4 Å². The first-order chi connectivity index (χ1) is 8.85. The molecule has 1 atom stereocenters. The smallest absolute Gasteiger partial charge is 0.188 e. The summed E-state index contributed by atoms with van der Waals surface area (Å²) in [5, 5.41) is 3.92. The molecule has 0 aliphatic rings. The van der Waals surface area contributed by atoms with Crippen LogP contribution in [0.5, 0.6) is 0 Å². The predicted octanol–water partition coefficient (Wildman–Crippen LogP) is 3.32. The Balaban J connectivity index is 2.72. The molecule has 19 heavy (non-hydrogen) atoms. The molecule has 0 saturated heterocycles. The van der Waals surface area contributed by atoms with Crippen molar-refractivity contribution in [2.75, 3.05) is 6.54 Å². The van der Waals surface area contributed by atoms with E-state index in [4.69, 9.17) is 17.3 Å². The van der Waals surface area contributed by atoms with Crippen LogP contribution in [0.3, 0.4) is 0 Å². The van der Waals surface area contributed by atoms with Crippen LogP contribution in [0, 0.1) is 0 Å². The number of nitrogens with zero attached hydrogens (tertiary/aromatic N) is 1. The van der Waals surface area contributed by atoms with Crippen LogP contribution < -0.4 is 11.1 Å². The number of nitrogens with one attached hydrogen (secondary N) is 1. The normalized spacial score (nSPS) is 14.3. The minimum atomic E-state index is -0.0906. The standard InChI is InChI=1S/C15H24ClN3/c1-5-11(2)19-14(17)18-10-15(3,4)12-7-6-8-13(16)9-12/h6-9,11H,5,10H2,1-4H3,(H3,17,18,19). The number of hydrogen-bond acceptors (Lipinski definition) is 1. The van der Waals surface area contributed by atoms with E-state index in [9.17, 15) is 0 Å². The lowest BCUT2D eigenvalue weighted by molar-refractivity contribution is 0.536. The van der Waals surface area contributed by atoms with E-state index in [1.54, 1.807) is 0 Å². The summed E-state index contributed by atoms with van der Waals surface area (Å²) >= 11 is 6.03. The van der Waals surface area contributed by atoms with Gasteiger partial charge in [-0.15, -0.1) is 0 Å². The molecule has 0 spiro atoms. The first kappa shape index (κ1) is 15.8. The fraction of sp³-hybridized carbons (Fsp3) is 0.533. The molecule has 0 aliphatic carbocycles. The van der Waals surface area contributed by atoms with Crippen molar-refractivity contribution in [2.24, 2.45) is 10.7 Å². The Kier molecular flexibility index (Phi) is 5.67. The van der Waals surface area contributed by atoms with Crippen molar-refractivity contribution in [3.63, 3.8) is 0 Å². The second kappa shape index (κ2) is 6.80. The molecule has 3 N–H and O–H groups in total. The third kappa shape index (κ3) is 5.11. The van der Waals surface area contributed by atoms with E-state index in [2.05, 4.69) is 44.1 Å². The zero-order chi connectivity index (χ0) is 14.5. The molecule has 0 amide bonds.